The van der Waals surface area contributed by atoms with Gasteiger partial charge in [0.25, 0.3) is 0 Å². The Hall–Kier alpha value is -2.40. The van der Waals surface area contributed by atoms with Gasteiger partial charge in [-0.1, -0.05) is 42.5 Å². The minimum atomic E-state index is -0.352. The average Bonchev–Trinajstić information content (AvgIpc) is 2.60. The van der Waals surface area contributed by atoms with Crippen molar-refractivity contribution in [1.82, 2.24) is 9.80 Å². The summed E-state index contributed by atoms with van der Waals surface area (Å²) in [6.07, 6.45) is 1.58. The average molecular weight is 339 g/mol. The Kier molecular flexibility index (Phi) is 5.34. The second-order valence-corrected chi connectivity index (χ2v) is 6.76. The molecule has 132 valence electrons. The van der Waals surface area contributed by atoms with Crippen molar-refractivity contribution in [1.29, 1.82) is 0 Å². The minimum absolute atomic E-state index is 0.107. The number of hydrogen-bond donors (Lipinski definition) is 1. The van der Waals surface area contributed by atoms with Gasteiger partial charge in [0.05, 0.1) is 6.04 Å². The standard InChI is InChI=1S/C20H25N3O2/c1-22-12-13-23(20(25)18(22)8-9-19(21)24)11-10-15-6-7-16-4-2-3-5-17(16)14-15/h2-7,14,18H,8-13H2,1H3,(H2,21,24)/t18-/m0/s1. The Balaban J connectivity index is 1.63. The molecule has 5 heteroatoms. The fourth-order valence-electron chi connectivity index (χ4n) is 3.45. The molecule has 3 rings (SSSR count). The maximum absolute atomic E-state index is 12.7. The van der Waals surface area contributed by atoms with Crippen LogP contribution in [0.1, 0.15) is 18.4 Å². The molecule has 2 aromatic rings. The van der Waals surface area contributed by atoms with Crippen molar-refractivity contribution in [2.24, 2.45) is 5.73 Å². The lowest BCUT2D eigenvalue weighted by Gasteiger charge is -2.38. The van der Waals surface area contributed by atoms with E-state index in [4.69, 9.17) is 5.73 Å². The predicted molar refractivity (Wildman–Crippen MR) is 99.1 cm³/mol. The topological polar surface area (TPSA) is 66.6 Å². The number of hydrogen-bond acceptors (Lipinski definition) is 3. The number of carbonyl (C=O) groups excluding carboxylic acids is 2. The highest BCUT2D eigenvalue weighted by Crippen LogP contribution is 2.18. The van der Waals surface area contributed by atoms with Crippen molar-refractivity contribution in [2.75, 3.05) is 26.7 Å². The first kappa shape index (κ1) is 17.4. The van der Waals surface area contributed by atoms with Gasteiger partial charge in [0, 0.05) is 26.1 Å². The SMILES string of the molecule is CN1CCN(CCc2ccc3ccccc3c2)C(=O)[C@@H]1CCC(N)=O. The van der Waals surface area contributed by atoms with Crippen LogP contribution in [-0.2, 0) is 16.0 Å². The molecular formula is C20H25N3O2. The smallest absolute Gasteiger partial charge is 0.239 e. The van der Waals surface area contributed by atoms with E-state index in [-0.39, 0.29) is 24.3 Å². The molecule has 2 N–H and O–H groups in total. The normalized spacial score (nSPS) is 18.7. The minimum Gasteiger partial charge on any atom is -0.370 e. The monoisotopic (exact) mass is 339 g/mol. The second-order valence-electron chi connectivity index (χ2n) is 6.76. The summed E-state index contributed by atoms with van der Waals surface area (Å²) in [7, 11) is 1.93. The quantitative estimate of drug-likeness (QED) is 0.872. The fourth-order valence-corrected chi connectivity index (χ4v) is 3.45. The molecule has 0 bridgehead atoms. The molecule has 0 unspecified atom stereocenters. The summed E-state index contributed by atoms with van der Waals surface area (Å²) in [6.45, 7) is 2.26. The molecule has 25 heavy (non-hydrogen) atoms. The highest BCUT2D eigenvalue weighted by molar-refractivity contribution is 5.84. The van der Waals surface area contributed by atoms with E-state index in [0.29, 0.717) is 13.0 Å². The van der Waals surface area contributed by atoms with Crippen LogP contribution in [0.3, 0.4) is 0 Å². The zero-order chi connectivity index (χ0) is 17.8. The number of nitrogens with zero attached hydrogens (tertiary/aromatic N) is 2. The van der Waals surface area contributed by atoms with E-state index in [1.54, 1.807) is 0 Å². The highest BCUT2D eigenvalue weighted by atomic mass is 16.2. The van der Waals surface area contributed by atoms with Gasteiger partial charge in [0.1, 0.15) is 0 Å². The summed E-state index contributed by atoms with van der Waals surface area (Å²) in [5, 5.41) is 2.46. The molecule has 1 heterocycles. The lowest BCUT2D eigenvalue weighted by Crippen LogP contribution is -2.56. The van der Waals surface area contributed by atoms with Gasteiger partial charge >= 0.3 is 0 Å². The highest BCUT2D eigenvalue weighted by Gasteiger charge is 2.32. The Labute approximate surface area is 148 Å². The number of amides is 2. The van der Waals surface area contributed by atoms with Crippen LogP contribution in [0.15, 0.2) is 42.5 Å². The van der Waals surface area contributed by atoms with Gasteiger partial charge in [-0.2, -0.15) is 0 Å². The van der Waals surface area contributed by atoms with Crippen LogP contribution in [-0.4, -0.2) is 54.3 Å². The third-order valence-electron chi connectivity index (χ3n) is 5.00. The molecule has 1 fully saturated rings. The van der Waals surface area contributed by atoms with Gasteiger partial charge in [0.15, 0.2) is 0 Å². The van der Waals surface area contributed by atoms with Crippen molar-refractivity contribution in [2.45, 2.75) is 25.3 Å². The zero-order valence-corrected chi connectivity index (χ0v) is 14.6. The summed E-state index contributed by atoms with van der Waals surface area (Å²) < 4.78 is 0. The molecule has 1 saturated heterocycles. The van der Waals surface area contributed by atoms with E-state index < -0.39 is 0 Å². The Morgan fingerprint density at radius 2 is 1.92 bits per heavy atom. The van der Waals surface area contributed by atoms with Gasteiger partial charge in [0.2, 0.25) is 11.8 Å². The number of likely N-dealkylation sites (N-methyl/N-ethyl adjacent to an activating group) is 1. The van der Waals surface area contributed by atoms with E-state index in [0.717, 1.165) is 19.5 Å². The lowest BCUT2D eigenvalue weighted by atomic mass is 10.0. The van der Waals surface area contributed by atoms with Crippen LogP contribution >= 0.6 is 0 Å². The molecule has 1 aliphatic heterocycles. The van der Waals surface area contributed by atoms with E-state index in [1.165, 1.54) is 16.3 Å². The molecule has 1 aliphatic rings. The summed E-state index contributed by atoms with van der Waals surface area (Å²) in [5.74, 6) is -0.245. The molecule has 1 atom stereocenters. The third kappa shape index (κ3) is 4.17. The van der Waals surface area contributed by atoms with Crippen LogP contribution in [0.25, 0.3) is 10.8 Å². The van der Waals surface area contributed by atoms with E-state index >= 15 is 0 Å². The largest absolute Gasteiger partial charge is 0.370 e. The number of nitrogens with two attached hydrogens (primary N) is 1. The van der Waals surface area contributed by atoms with Crippen LogP contribution < -0.4 is 5.73 Å². The molecular weight excluding hydrogens is 314 g/mol. The van der Waals surface area contributed by atoms with Gasteiger partial charge in [-0.15, -0.1) is 0 Å². The van der Waals surface area contributed by atoms with Crippen molar-refractivity contribution < 1.29 is 9.59 Å². The van der Waals surface area contributed by atoms with E-state index in [2.05, 4.69) is 30.3 Å². The lowest BCUT2D eigenvalue weighted by molar-refractivity contribution is -0.141. The molecule has 2 amide bonds. The van der Waals surface area contributed by atoms with Crippen molar-refractivity contribution in [3.63, 3.8) is 0 Å². The van der Waals surface area contributed by atoms with Gasteiger partial charge in [-0.3, -0.25) is 14.5 Å². The van der Waals surface area contributed by atoms with Gasteiger partial charge < -0.3 is 10.6 Å². The molecule has 0 radical (unpaired) electrons. The molecule has 5 nitrogen and oxygen atoms in total. The van der Waals surface area contributed by atoms with Crippen molar-refractivity contribution in [3.05, 3.63) is 48.0 Å². The van der Waals surface area contributed by atoms with Gasteiger partial charge in [-0.05, 0) is 36.2 Å². The Bertz CT molecular complexity index is 774. The number of benzene rings is 2. The Morgan fingerprint density at radius 1 is 1.16 bits per heavy atom. The first-order chi connectivity index (χ1) is 12.0. The zero-order valence-electron chi connectivity index (χ0n) is 14.6. The summed E-state index contributed by atoms with van der Waals surface area (Å²) in [5.41, 5.74) is 6.47. The van der Waals surface area contributed by atoms with Crippen molar-refractivity contribution >= 4 is 22.6 Å². The number of carbonyl (C=O) groups is 2. The number of primary amides is 1. The number of fused-ring (bicyclic) bond motifs is 1. The summed E-state index contributed by atoms with van der Waals surface area (Å²) >= 11 is 0. The molecule has 2 aromatic carbocycles. The molecule has 0 saturated carbocycles. The van der Waals surface area contributed by atoms with E-state index in [1.807, 2.05) is 29.0 Å². The summed E-state index contributed by atoms with van der Waals surface area (Å²) in [4.78, 5) is 27.7. The molecule has 0 aliphatic carbocycles. The Morgan fingerprint density at radius 3 is 2.68 bits per heavy atom. The second kappa shape index (κ2) is 7.66. The molecule has 0 aromatic heterocycles. The summed E-state index contributed by atoms with van der Waals surface area (Å²) in [6, 6.07) is 14.5. The number of rotatable bonds is 6. The first-order valence-corrected chi connectivity index (χ1v) is 8.79. The van der Waals surface area contributed by atoms with Gasteiger partial charge in [-0.25, -0.2) is 0 Å². The maximum Gasteiger partial charge on any atom is 0.239 e. The number of piperazine rings is 1. The predicted octanol–water partition coefficient (Wildman–Crippen LogP) is 1.79. The van der Waals surface area contributed by atoms with Crippen LogP contribution in [0.4, 0.5) is 0 Å². The molecule has 0 spiro atoms. The van der Waals surface area contributed by atoms with Crippen LogP contribution in [0.5, 0.6) is 0 Å². The fraction of sp³-hybridized carbons (Fsp3) is 0.400. The maximum atomic E-state index is 12.7. The van der Waals surface area contributed by atoms with E-state index in [9.17, 15) is 9.59 Å². The van der Waals surface area contributed by atoms with Crippen LogP contribution in [0, 0.1) is 0 Å². The first-order valence-electron chi connectivity index (χ1n) is 8.79. The van der Waals surface area contributed by atoms with Crippen molar-refractivity contribution in [3.8, 4) is 0 Å². The van der Waals surface area contributed by atoms with Crippen LogP contribution in [0.2, 0.25) is 0 Å². The third-order valence-corrected chi connectivity index (χ3v) is 5.00.